The number of hydrogen-bond donors (Lipinski definition) is 0. The summed E-state index contributed by atoms with van der Waals surface area (Å²) in [7, 11) is 0. The molecule has 7 heteroatoms. The zero-order valence-electron chi connectivity index (χ0n) is 22.4. The summed E-state index contributed by atoms with van der Waals surface area (Å²) in [5, 5.41) is 1.23. The van der Waals surface area contributed by atoms with Crippen molar-refractivity contribution in [1.82, 2.24) is 14.5 Å². The second-order valence-corrected chi connectivity index (χ2v) is 10.5. The third-order valence-electron chi connectivity index (χ3n) is 7.08. The maximum absolute atomic E-state index is 14.2. The highest BCUT2D eigenvalue weighted by atomic mass is 35.5. The largest absolute Gasteiger partial charge is 0.324 e. The van der Waals surface area contributed by atoms with Crippen LogP contribution in [0.25, 0.3) is 16.6 Å². The molecule has 1 amide bonds. The van der Waals surface area contributed by atoms with Gasteiger partial charge in [-0.15, -0.1) is 0 Å². The maximum Gasteiger partial charge on any atom is 0.266 e. The number of nitrogens with zero attached hydrogens (tertiary/aromatic N) is 3. The van der Waals surface area contributed by atoms with Gasteiger partial charge in [-0.25, -0.2) is 4.98 Å². The minimum atomic E-state index is -0.539. The molecule has 5 rings (SSSR count). The van der Waals surface area contributed by atoms with E-state index in [9.17, 15) is 9.59 Å². The molecule has 1 unspecified atom stereocenters. The van der Waals surface area contributed by atoms with Crippen LogP contribution in [-0.2, 0) is 13.0 Å². The first-order valence-electron chi connectivity index (χ1n) is 13.3. The van der Waals surface area contributed by atoms with Gasteiger partial charge in [0, 0.05) is 11.6 Å². The summed E-state index contributed by atoms with van der Waals surface area (Å²) in [6.07, 6.45) is 1.40. The first-order chi connectivity index (χ1) is 19.4. The third-order valence-corrected chi connectivity index (χ3v) is 7.63. The second kappa shape index (κ2) is 12.1. The number of rotatable bonds is 8. The van der Waals surface area contributed by atoms with Crippen LogP contribution in [0.1, 0.15) is 53.6 Å². The van der Waals surface area contributed by atoms with Crippen molar-refractivity contribution in [2.45, 2.75) is 39.3 Å². The number of amides is 1. The van der Waals surface area contributed by atoms with Crippen LogP contribution in [0.15, 0.2) is 102 Å². The molecule has 0 fully saturated rings. The van der Waals surface area contributed by atoms with Crippen molar-refractivity contribution >= 4 is 40.0 Å². The zero-order valence-corrected chi connectivity index (χ0v) is 23.9. The van der Waals surface area contributed by atoms with E-state index in [0.717, 1.165) is 17.5 Å². The first-order valence-corrected chi connectivity index (χ1v) is 14.1. The Kier molecular flexibility index (Phi) is 8.34. The highest BCUT2D eigenvalue weighted by Crippen LogP contribution is 2.31. The fourth-order valence-electron chi connectivity index (χ4n) is 4.97. The fourth-order valence-corrected chi connectivity index (χ4v) is 5.46. The smallest absolute Gasteiger partial charge is 0.266 e. The molecule has 0 bridgehead atoms. The molecule has 0 saturated heterocycles. The summed E-state index contributed by atoms with van der Waals surface area (Å²) < 4.78 is 1.64. The fraction of sp³-hybridized carbons (Fsp3) is 0.182. The maximum atomic E-state index is 14.2. The molecule has 0 spiro atoms. The Hall–Kier alpha value is -3.93. The number of aryl methyl sites for hydroxylation is 1. The molecule has 5 aromatic rings. The summed E-state index contributed by atoms with van der Waals surface area (Å²) in [6.45, 7) is 4.38. The number of carbonyl (C=O) groups is 1. The van der Waals surface area contributed by atoms with Gasteiger partial charge in [0.05, 0.1) is 33.2 Å². The summed E-state index contributed by atoms with van der Waals surface area (Å²) in [5.41, 5.74) is 3.55. The Morgan fingerprint density at radius 1 is 0.875 bits per heavy atom. The predicted octanol–water partition coefficient (Wildman–Crippen LogP) is 8.05. The Labute approximate surface area is 243 Å². The number of fused-ring (bicyclic) bond motifs is 1. The highest BCUT2D eigenvalue weighted by Gasteiger charge is 2.31. The molecule has 5 nitrogen and oxygen atoms in total. The lowest BCUT2D eigenvalue weighted by Crippen LogP contribution is -2.38. The number of aromatic nitrogens is 2. The van der Waals surface area contributed by atoms with Crippen molar-refractivity contribution in [3.8, 4) is 5.69 Å². The number of hydrogen-bond acceptors (Lipinski definition) is 3. The van der Waals surface area contributed by atoms with E-state index in [-0.39, 0.29) is 16.5 Å². The van der Waals surface area contributed by atoms with Gasteiger partial charge >= 0.3 is 0 Å². The van der Waals surface area contributed by atoms with E-state index < -0.39 is 6.04 Å². The molecule has 40 heavy (non-hydrogen) atoms. The number of carbonyl (C=O) groups excluding carboxylic acids is 1. The summed E-state index contributed by atoms with van der Waals surface area (Å²) in [6, 6.07) is 29.3. The lowest BCUT2D eigenvalue weighted by Gasteiger charge is -2.33. The van der Waals surface area contributed by atoms with Crippen LogP contribution in [-0.4, -0.2) is 20.4 Å². The first kappa shape index (κ1) is 27.6. The molecule has 0 aliphatic heterocycles. The zero-order chi connectivity index (χ0) is 28.2. The Morgan fingerprint density at radius 3 is 2.25 bits per heavy atom. The van der Waals surface area contributed by atoms with E-state index in [0.29, 0.717) is 46.0 Å². The molecule has 0 radical (unpaired) electrons. The van der Waals surface area contributed by atoms with Crippen LogP contribution in [0.3, 0.4) is 0 Å². The molecule has 0 saturated carbocycles. The van der Waals surface area contributed by atoms with Crippen molar-refractivity contribution in [3.63, 3.8) is 0 Å². The van der Waals surface area contributed by atoms with Gasteiger partial charge in [0.15, 0.2) is 0 Å². The second-order valence-electron chi connectivity index (χ2n) is 9.61. The minimum Gasteiger partial charge on any atom is -0.324 e. The van der Waals surface area contributed by atoms with Crippen LogP contribution in [0.2, 0.25) is 10.0 Å². The molecule has 1 aromatic heterocycles. The summed E-state index contributed by atoms with van der Waals surface area (Å²) in [5.74, 6) is 0.220. The number of halogens is 2. The topological polar surface area (TPSA) is 55.2 Å². The molecule has 0 N–H and O–H groups in total. The highest BCUT2D eigenvalue weighted by molar-refractivity contribution is 6.36. The van der Waals surface area contributed by atoms with Crippen LogP contribution in [0, 0.1) is 0 Å². The average Bonchev–Trinajstić information content (AvgIpc) is 2.97. The minimum absolute atomic E-state index is 0.181. The van der Waals surface area contributed by atoms with E-state index in [1.54, 1.807) is 33.7 Å². The lowest BCUT2D eigenvalue weighted by atomic mass is 10.1. The quantitative estimate of drug-likeness (QED) is 0.190. The molecule has 1 heterocycles. The van der Waals surface area contributed by atoms with Crippen molar-refractivity contribution in [2.24, 2.45) is 0 Å². The molecule has 1 atom stereocenters. The van der Waals surface area contributed by atoms with Crippen LogP contribution < -0.4 is 5.56 Å². The van der Waals surface area contributed by atoms with E-state index in [2.05, 4.69) is 6.92 Å². The van der Waals surface area contributed by atoms with Gasteiger partial charge in [-0.05, 0) is 66.4 Å². The van der Waals surface area contributed by atoms with Crippen molar-refractivity contribution in [2.75, 3.05) is 0 Å². The normalized spacial score (nSPS) is 11.9. The standard InChI is InChI=1S/C33H29Cl2N3O2/c1-3-22-14-17-25(18-15-22)38-31(36-29-13-9-8-12-27(29)33(38)40)30(4-2)37(21-23-10-6-5-7-11-23)32(39)26-19-16-24(34)20-28(26)35/h5-20,30H,3-4,21H2,1-2H3. The molecular weight excluding hydrogens is 541 g/mol. The van der Waals surface area contributed by atoms with Gasteiger partial charge in [-0.2, -0.15) is 0 Å². The van der Waals surface area contributed by atoms with Gasteiger partial charge in [0.1, 0.15) is 5.82 Å². The van der Waals surface area contributed by atoms with Gasteiger partial charge in [-0.3, -0.25) is 14.2 Å². The van der Waals surface area contributed by atoms with Crippen molar-refractivity contribution < 1.29 is 4.79 Å². The average molecular weight is 571 g/mol. The van der Waals surface area contributed by atoms with E-state index >= 15 is 0 Å². The van der Waals surface area contributed by atoms with Gasteiger partial charge in [0.2, 0.25) is 0 Å². The van der Waals surface area contributed by atoms with Gasteiger partial charge in [0.25, 0.3) is 11.5 Å². The van der Waals surface area contributed by atoms with Crippen molar-refractivity contribution in [3.05, 3.63) is 140 Å². The Bertz CT molecular complexity index is 1720. The Balaban J connectivity index is 1.73. The van der Waals surface area contributed by atoms with E-state index in [1.165, 1.54) is 0 Å². The Morgan fingerprint density at radius 2 is 1.57 bits per heavy atom. The van der Waals surface area contributed by atoms with Gasteiger partial charge < -0.3 is 4.90 Å². The summed E-state index contributed by atoms with van der Waals surface area (Å²) in [4.78, 5) is 35.0. The van der Waals surface area contributed by atoms with Crippen LogP contribution in [0.4, 0.5) is 0 Å². The number of para-hydroxylation sites is 1. The molecular formula is C33H29Cl2N3O2. The lowest BCUT2D eigenvalue weighted by molar-refractivity contribution is 0.0641. The predicted molar refractivity (Wildman–Crippen MR) is 163 cm³/mol. The monoisotopic (exact) mass is 569 g/mol. The SMILES string of the molecule is CCc1ccc(-n2c(C(CC)N(Cc3ccccc3)C(=O)c3ccc(Cl)cc3Cl)nc3ccccc3c2=O)cc1. The molecule has 0 aliphatic carbocycles. The van der Waals surface area contributed by atoms with Crippen molar-refractivity contribution in [1.29, 1.82) is 0 Å². The third kappa shape index (κ3) is 5.53. The number of benzene rings is 4. The van der Waals surface area contributed by atoms with E-state index in [1.807, 2.05) is 79.7 Å². The van der Waals surface area contributed by atoms with Crippen LogP contribution in [0.5, 0.6) is 0 Å². The molecule has 202 valence electrons. The van der Waals surface area contributed by atoms with Crippen LogP contribution >= 0.6 is 23.2 Å². The molecule has 4 aromatic carbocycles. The van der Waals surface area contributed by atoms with E-state index in [4.69, 9.17) is 28.2 Å². The summed E-state index contributed by atoms with van der Waals surface area (Å²) >= 11 is 12.7. The van der Waals surface area contributed by atoms with Gasteiger partial charge in [-0.1, -0.05) is 91.6 Å². The molecule has 0 aliphatic rings.